The monoisotopic (exact) mass is 191 g/mol. The molecule has 0 radical (unpaired) electrons. The Morgan fingerprint density at radius 1 is 1.31 bits per heavy atom. The minimum Gasteiger partial charge on any atom is -0.305 e. The van der Waals surface area contributed by atoms with E-state index in [0.29, 0.717) is 11.3 Å². The normalized spacial score (nSPS) is 39.8. The minimum absolute atomic E-state index is 0.0902. The van der Waals surface area contributed by atoms with Crippen molar-refractivity contribution < 1.29 is 4.79 Å². The molecule has 3 aliphatic rings. The number of hydrogen-bond donors (Lipinski definition) is 0. The lowest BCUT2D eigenvalue weighted by Gasteiger charge is -2.17. The van der Waals surface area contributed by atoms with Crippen molar-refractivity contribution in [3.05, 3.63) is 35.9 Å². The molecule has 1 amide bonds. The van der Waals surface area contributed by atoms with E-state index in [2.05, 4.69) is 6.08 Å². The summed E-state index contributed by atoms with van der Waals surface area (Å²) in [5, 5.41) is 2.32. The van der Waals surface area contributed by atoms with E-state index in [4.69, 9.17) is 0 Å². The molecule has 3 heteroatoms. The van der Waals surface area contributed by atoms with Gasteiger partial charge < -0.3 is 4.90 Å². The van der Waals surface area contributed by atoms with Crippen molar-refractivity contribution in [2.24, 2.45) is 11.8 Å². The smallest absolute Gasteiger partial charge is 0.235 e. The van der Waals surface area contributed by atoms with Crippen LogP contribution < -0.4 is 0 Å². The van der Waals surface area contributed by atoms with E-state index in [-0.39, 0.29) is 11.8 Å². The molecular weight excluding hydrogens is 182 g/mol. The molecule has 1 fully saturated rings. The third-order valence-electron chi connectivity index (χ3n) is 2.76. The van der Waals surface area contributed by atoms with E-state index in [0.717, 1.165) is 0 Å². The quantitative estimate of drug-likeness (QED) is 0.581. The van der Waals surface area contributed by atoms with Crippen LogP contribution in [0.15, 0.2) is 35.9 Å². The average molecular weight is 191 g/mol. The summed E-state index contributed by atoms with van der Waals surface area (Å²) in [4.78, 5) is 13.7. The molecular formula is C10H9NOS. The van der Waals surface area contributed by atoms with Gasteiger partial charge in [-0.25, -0.2) is 0 Å². The zero-order valence-electron chi connectivity index (χ0n) is 6.96. The van der Waals surface area contributed by atoms with Crippen molar-refractivity contribution in [3.8, 4) is 0 Å². The van der Waals surface area contributed by atoms with Crippen molar-refractivity contribution in [3.63, 3.8) is 0 Å². The Kier molecular flexibility index (Phi) is 1.44. The molecule has 13 heavy (non-hydrogen) atoms. The lowest BCUT2D eigenvalue weighted by atomic mass is 9.91. The van der Waals surface area contributed by atoms with Gasteiger partial charge in [-0.2, -0.15) is 0 Å². The zero-order valence-corrected chi connectivity index (χ0v) is 7.78. The Hall–Kier alpha value is -0.960. The van der Waals surface area contributed by atoms with Crippen LogP contribution in [0.2, 0.25) is 0 Å². The molecule has 0 aromatic rings. The van der Waals surface area contributed by atoms with Crippen LogP contribution in [-0.2, 0) is 4.79 Å². The van der Waals surface area contributed by atoms with Gasteiger partial charge in [-0.15, -0.1) is 11.8 Å². The number of rotatable bonds is 0. The second-order valence-electron chi connectivity index (χ2n) is 3.43. The first-order valence-corrected chi connectivity index (χ1v) is 5.31. The van der Waals surface area contributed by atoms with Crippen LogP contribution >= 0.6 is 11.8 Å². The molecule has 3 unspecified atom stereocenters. The molecule has 0 N–H and O–H groups in total. The number of thioether (sulfide) groups is 1. The van der Waals surface area contributed by atoms with Crippen molar-refractivity contribution in [2.45, 2.75) is 5.37 Å². The van der Waals surface area contributed by atoms with E-state index < -0.39 is 0 Å². The summed E-state index contributed by atoms with van der Waals surface area (Å²) in [6.07, 6.45) is 10.1. The van der Waals surface area contributed by atoms with Crippen molar-refractivity contribution in [1.29, 1.82) is 0 Å². The molecule has 0 bridgehead atoms. The minimum atomic E-state index is 0.0902. The first kappa shape index (κ1) is 7.44. The SMILES string of the molecule is O=C1C2C=CC=CC2C2SC=CN12. The number of nitrogens with zero attached hydrogens (tertiary/aromatic N) is 1. The van der Waals surface area contributed by atoms with Gasteiger partial charge >= 0.3 is 0 Å². The number of carbonyl (C=O) groups excluding carboxylic acids is 1. The molecule has 1 aliphatic carbocycles. The standard InChI is InChI=1S/C10H9NOS/c12-9-7-3-1-2-4-8(7)10-11(9)5-6-13-10/h1-8,10H. The molecule has 2 heterocycles. The van der Waals surface area contributed by atoms with Crippen molar-refractivity contribution >= 4 is 17.7 Å². The molecule has 0 spiro atoms. The highest BCUT2D eigenvalue weighted by molar-refractivity contribution is 8.03. The van der Waals surface area contributed by atoms with Gasteiger partial charge in [0, 0.05) is 12.1 Å². The predicted molar refractivity (Wildman–Crippen MR) is 52.6 cm³/mol. The molecule has 2 aliphatic heterocycles. The first-order chi connectivity index (χ1) is 6.38. The van der Waals surface area contributed by atoms with Gasteiger partial charge in [-0.05, 0) is 5.41 Å². The highest BCUT2D eigenvalue weighted by atomic mass is 32.2. The topological polar surface area (TPSA) is 20.3 Å². The maximum absolute atomic E-state index is 11.8. The van der Waals surface area contributed by atoms with Gasteiger partial charge in [0.1, 0.15) is 0 Å². The maximum atomic E-state index is 11.8. The second-order valence-corrected chi connectivity index (χ2v) is 4.46. The molecule has 2 nitrogen and oxygen atoms in total. The lowest BCUT2D eigenvalue weighted by Crippen LogP contribution is -2.23. The highest BCUT2D eigenvalue weighted by Crippen LogP contribution is 2.44. The third-order valence-corrected chi connectivity index (χ3v) is 3.86. The Labute approximate surface area is 81.0 Å². The number of fused-ring (bicyclic) bond motifs is 3. The van der Waals surface area contributed by atoms with Crippen LogP contribution in [0.5, 0.6) is 0 Å². The largest absolute Gasteiger partial charge is 0.305 e. The van der Waals surface area contributed by atoms with Gasteiger partial charge in [0.15, 0.2) is 0 Å². The Morgan fingerprint density at radius 2 is 2.15 bits per heavy atom. The van der Waals surface area contributed by atoms with Crippen molar-refractivity contribution in [2.75, 3.05) is 0 Å². The summed E-state index contributed by atoms with van der Waals surface area (Å²) in [5.74, 6) is 0.710. The number of carbonyl (C=O) groups is 1. The molecule has 0 aromatic carbocycles. The van der Waals surface area contributed by atoms with Crippen LogP contribution in [0.4, 0.5) is 0 Å². The van der Waals surface area contributed by atoms with Crippen LogP contribution in [0.1, 0.15) is 0 Å². The van der Waals surface area contributed by atoms with E-state index in [1.165, 1.54) is 0 Å². The summed E-state index contributed by atoms with van der Waals surface area (Å²) in [6.45, 7) is 0. The fraction of sp³-hybridized carbons (Fsp3) is 0.300. The van der Waals surface area contributed by atoms with Gasteiger partial charge in [0.2, 0.25) is 5.91 Å². The van der Waals surface area contributed by atoms with E-state index in [9.17, 15) is 4.79 Å². The second kappa shape index (κ2) is 2.51. The lowest BCUT2D eigenvalue weighted by molar-refractivity contribution is -0.127. The number of allylic oxidation sites excluding steroid dienone is 2. The van der Waals surface area contributed by atoms with Crippen LogP contribution in [0, 0.1) is 11.8 Å². The first-order valence-electron chi connectivity index (χ1n) is 4.37. The summed E-state index contributed by atoms with van der Waals surface area (Å²) >= 11 is 1.74. The number of amides is 1. The van der Waals surface area contributed by atoms with Crippen LogP contribution in [0.3, 0.4) is 0 Å². The molecule has 3 rings (SSSR count). The molecule has 1 saturated heterocycles. The van der Waals surface area contributed by atoms with E-state index in [1.807, 2.05) is 34.7 Å². The predicted octanol–water partition coefficient (Wildman–Crippen LogP) is 1.73. The van der Waals surface area contributed by atoms with Crippen molar-refractivity contribution in [1.82, 2.24) is 4.90 Å². The fourth-order valence-electron chi connectivity index (χ4n) is 2.12. The highest BCUT2D eigenvalue weighted by Gasteiger charge is 2.46. The van der Waals surface area contributed by atoms with Gasteiger partial charge in [-0.1, -0.05) is 24.3 Å². The number of hydrogen-bond acceptors (Lipinski definition) is 2. The van der Waals surface area contributed by atoms with E-state index in [1.54, 1.807) is 11.8 Å². The maximum Gasteiger partial charge on any atom is 0.235 e. The summed E-state index contributed by atoms with van der Waals surface area (Å²) in [5.41, 5.74) is 0. The fourth-order valence-corrected chi connectivity index (χ4v) is 3.23. The van der Waals surface area contributed by atoms with Gasteiger partial charge in [-0.3, -0.25) is 4.79 Å². The van der Waals surface area contributed by atoms with E-state index >= 15 is 0 Å². The molecule has 66 valence electrons. The molecule has 0 aromatic heterocycles. The Balaban J connectivity index is 2.03. The summed E-state index contributed by atoms with van der Waals surface area (Å²) in [6, 6.07) is 0. The summed E-state index contributed by atoms with van der Waals surface area (Å²) in [7, 11) is 0. The average Bonchev–Trinajstić information content (AvgIpc) is 2.72. The Morgan fingerprint density at radius 3 is 3.08 bits per heavy atom. The third kappa shape index (κ3) is 0.879. The van der Waals surface area contributed by atoms with Crippen LogP contribution in [0.25, 0.3) is 0 Å². The summed E-state index contributed by atoms with van der Waals surface area (Å²) < 4.78 is 0. The van der Waals surface area contributed by atoms with Gasteiger partial charge in [0.25, 0.3) is 0 Å². The Bertz CT molecular complexity index is 345. The van der Waals surface area contributed by atoms with Crippen LogP contribution in [-0.4, -0.2) is 16.2 Å². The molecule has 0 saturated carbocycles. The zero-order chi connectivity index (χ0) is 8.84. The molecule has 3 atom stereocenters. The van der Waals surface area contributed by atoms with Gasteiger partial charge in [0.05, 0.1) is 11.3 Å².